The van der Waals surface area contributed by atoms with Gasteiger partial charge in [-0.2, -0.15) is 4.98 Å². The number of ether oxygens (including phenoxy) is 1. The van der Waals surface area contributed by atoms with Gasteiger partial charge < -0.3 is 14.9 Å². The molecule has 0 radical (unpaired) electrons. The van der Waals surface area contributed by atoms with Gasteiger partial charge in [0, 0.05) is 25.2 Å². The first-order valence-electron chi connectivity index (χ1n) is 13.8. The molecule has 41 heavy (non-hydrogen) atoms. The Balaban J connectivity index is 0.000000585. The minimum Gasteiger partial charge on any atom is -0.473 e. The van der Waals surface area contributed by atoms with Crippen LogP contribution >= 0.6 is 0 Å². The molecule has 11 heteroatoms. The minimum absolute atomic E-state index is 0.297. The molecule has 2 aliphatic heterocycles. The van der Waals surface area contributed by atoms with Gasteiger partial charge in [-0.1, -0.05) is 42.5 Å². The lowest BCUT2D eigenvalue weighted by Crippen LogP contribution is -2.47. The van der Waals surface area contributed by atoms with Crippen LogP contribution in [0.15, 0.2) is 64.2 Å². The molecule has 0 saturated carbocycles. The number of rotatable bonds is 8. The van der Waals surface area contributed by atoms with Gasteiger partial charge >= 0.3 is 23.3 Å². The third kappa shape index (κ3) is 7.36. The van der Waals surface area contributed by atoms with Crippen molar-refractivity contribution in [2.45, 2.75) is 77.3 Å². The van der Waals surface area contributed by atoms with Crippen LogP contribution < -0.4 is 11.4 Å². The zero-order chi connectivity index (χ0) is 29.5. The van der Waals surface area contributed by atoms with Gasteiger partial charge in [0.05, 0.1) is 18.4 Å². The number of para-hydroxylation sites is 1. The van der Waals surface area contributed by atoms with Gasteiger partial charge in [-0.15, -0.1) is 0 Å². The second kappa shape index (κ2) is 13.5. The zero-order valence-corrected chi connectivity index (χ0v) is 23.3. The summed E-state index contributed by atoms with van der Waals surface area (Å²) in [6.07, 6.45) is 5.54. The van der Waals surface area contributed by atoms with Crippen LogP contribution in [0.4, 0.5) is 0 Å². The third-order valence-electron chi connectivity index (χ3n) is 7.81. The predicted molar refractivity (Wildman–Crippen MR) is 151 cm³/mol. The fraction of sp³-hybridized carbons (Fsp3) is 0.433. The maximum Gasteiger partial charge on any atom is 0.414 e. The number of aryl methyl sites for hydroxylation is 2. The van der Waals surface area contributed by atoms with Crippen molar-refractivity contribution >= 4 is 11.9 Å². The molecule has 3 aromatic rings. The molecule has 0 amide bonds. The fourth-order valence-electron chi connectivity index (χ4n) is 5.77. The summed E-state index contributed by atoms with van der Waals surface area (Å²) in [5.41, 5.74) is 2.48. The topological polar surface area (TPSA) is 144 Å². The summed E-state index contributed by atoms with van der Waals surface area (Å²) >= 11 is 0. The normalized spacial score (nSPS) is 19.8. The molecule has 2 fully saturated rings. The molecule has 2 unspecified atom stereocenters. The van der Waals surface area contributed by atoms with Crippen molar-refractivity contribution in [3.05, 3.63) is 92.5 Å². The second-order valence-electron chi connectivity index (χ2n) is 10.5. The summed E-state index contributed by atoms with van der Waals surface area (Å²) in [7, 11) is 0. The smallest absolute Gasteiger partial charge is 0.414 e. The standard InChI is InChI=1S/C28H34N4O3.C2H2O4/c1-20-9-6-7-10-22(20)19-35-26-17-24-13-14-25(18-26)30(24)15-8-16-31-27(33)29-21(2)32(28(31)34)23-11-4-3-5-12-23;3-1(4)2(5)6/h3-7,9-12,24-26H,8,13-19H2,1-2H3;(H,3,4)(H,5,6). The molecule has 11 nitrogen and oxygen atoms in total. The third-order valence-corrected chi connectivity index (χ3v) is 7.81. The summed E-state index contributed by atoms with van der Waals surface area (Å²) in [4.78, 5) is 50.6. The maximum absolute atomic E-state index is 13.1. The van der Waals surface area contributed by atoms with Crippen molar-refractivity contribution < 1.29 is 24.5 Å². The molecule has 218 valence electrons. The second-order valence-corrected chi connectivity index (χ2v) is 10.5. The van der Waals surface area contributed by atoms with Crippen LogP contribution in [-0.4, -0.2) is 65.9 Å². The Labute approximate surface area is 237 Å². The molecular formula is C30H36N4O7. The van der Waals surface area contributed by atoms with Crippen LogP contribution in [0.3, 0.4) is 0 Å². The molecule has 2 N–H and O–H groups in total. The number of hydrogen-bond donors (Lipinski definition) is 2. The molecule has 2 aliphatic rings. The number of carboxylic acid groups (broad SMARTS) is 2. The Morgan fingerprint density at radius 3 is 2.12 bits per heavy atom. The number of carbonyl (C=O) groups is 2. The first-order chi connectivity index (χ1) is 19.7. The summed E-state index contributed by atoms with van der Waals surface area (Å²) in [5, 5.41) is 14.8. The average molecular weight is 565 g/mol. The van der Waals surface area contributed by atoms with Crippen molar-refractivity contribution in [3.8, 4) is 5.69 Å². The Kier molecular flexibility index (Phi) is 9.85. The zero-order valence-electron chi connectivity index (χ0n) is 23.3. The van der Waals surface area contributed by atoms with E-state index in [2.05, 4.69) is 41.1 Å². The highest BCUT2D eigenvalue weighted by Gasteiger charge is 2.40. The van der Waals surface area contributed by atoms with E-state index in [4.69, 9.17) is 24.5 Å². The number of carboxylic acids is 2. The number of aliphatic carboxylic acids is 2. The highest BCUT2D eigenvalue weighted by Crippen LogP contribution is 2.37. The predicted octanol–water partition coefficient (Wildman–Crippen LogP) is 2.77. The highest BCUT2D eigenvalue weighted by molar-refractivity contribution is 6.27. The van der Waals surface area contributed by atoms with Gasteiger partial charge in [-0.25, -0.2) is 28.3 Å². The molecule has 2 aromatic carbocycles. The first kappa shape index (κ1) is 29.9. The lowest BCUT2D eigenvalue weighted by atomic mass is 9.99. The average Bonchev–Trinajstić information content (AvgIpc) is 3.17. The van der Waals surface area contributed by atoms with Crippen molar-refractivity contribution in [1.82, 2.24) is 19.0 Å². The van der Waals surface area contributed by atoms with Crippen molar-refractivity contribution in [1.29, 1.82) is 0 Å². The summed E-state index contributed by atoms with van der Waals surface area (Å²) in [6.45, 7) is 5.76. The van der Waals surface area contributed by atoms with Crippen molar-refractivity contribution in [2.75, 3.05) is 6.54 Å². The van der Waals surface area contributed by atoms with E-state index in [0.717, 1.165) is 31.5 Å². The SMILES string of the molecule is Cc1ccccc1COC1CC2CCC(C1)N2CCCn1c(=O)nc(C)n(-c2ccccc2)c1=O.O=C(O)C(=O)O. The van der Waals surface area contributed by atoms with Crippen molar-refractivity contribution in [2.24, 2.45) is 0 Å². The van der Waals surface area contributed by atoms with Crippen LogP contribution in [0.1, 0.15) is 49.1 Å². The summed E-state index contributed by atoms with van der Waals surface area (Å²) in [5.74, 6) is -3.24. The van der Waals surface area contributed by atoms with Gasteiger partial charge in [0.15, 0.2) is 0 Å². The largest absolute Gasteiger partial charge is 0.473 e. The van der Waals surface area contributed by atoms with Crippen LogP contribution in [0, 0.1) is 13.8 Å². The van der Waals surface area contributed by atoms with E-state index >= 15 is 0 Å². The number of fused-ring (bicyclic) bond motifs is 2. The van der Waals surface area contributed by atoms with Gasteiger partial charge in [0.1, 0.15) is 5.82 Å². The van der Waals surface area contributed by atoms with E-state index in [1.807, 2.05) is 30.3 Å². The molecule has 1 aromatic heterocycles. The van der Waals surface area contributed by atoms with Gasteiger partial charge in [-0.05, 0) is 69.2 Å². The summed E-state index contributed by atoms with van der Waals surface area (Å²) in [6, 6.07) is 18.8. The van der Waals surface area contributed by atoms with Crippen LogP contribution in [0.2, 0.25) is 0 Å². The van der Waals surface area contributed by atoms with Gasteiger partial charge in [0.2, 0.25) is 0 Å². The molecule has 0 aliphatic carbocycles. The Bertz CT molecular complexity index is 1460. The Hall–Kier alpha value is -4.09. The van der Waals surface area contributed by atoms with E-state index < -0.39 is 17.6 Å². The first-order valence-corrected chi connectivity index (χ1v) is 13.8. The fourth-order valence-corrected chi connectivity index (χ4v) is 5.77. The van der Waals surface area contributed by atoms with E-state index in [1.54, 1.807) is 6.92 Å². The lowest BCUT2D eigenvalue weighted by molar-refractivity contribution is -0.159. The van der Waals surface area contributed by atoms with Crippen molar-refractivity contribution in [3.63, 3.8) is 0 Å². The van der Waals surface area contributed by atoms with E-state index in [9.17, 15) is 9.59 Å². The van der Waals surface area contributed by atoms with Gasteiger partial charge in [-0.3, -0.25) is 4.90 Å². The van der Waals surface area contributed by atoms with E-state index in [-0.39, 0.29) is 5.69 Å². The number of benzene rings is 2. The molecule has 2 saturated heterocycles. The number of hydrogen-bond acceptors (Lipinski definition) is 7. The molecule has 5 rings (SSSR count). The van der Waals surface area contributed by atoms with Crippen LogP contribution in [-0.2, 0) is 27.5 Å². The lowest BCUT2D eigenvalue weighted by Gasteiger charge is -2.39. The molecule has 2 atom stereocenters. The quantitative estimate of drug-likeness (QED) is 0.395. The highest BCUT2D eigenvalue weighted by atomic mass is 16.5. The number of aromatic nitrogens is 3. The van der Waals surface area contributed by atoms with E-state index in [1.165, 1.54) is 33.1 Å². The molecule has 0 spiro atoms. The summed E-state index contributed by atoms with van der Waals surface area (Å²) < 4.78 is 9.12. The molecular weight excluding hydrogens is 528 g/mol. The minimum atomic E-state index is -1.82. The molecule has 3 heterocycles. The van der Waals surface area contributed by atoms with Crippen LogP contribution in [0.5, 0.6) is 0 Å². The maximum atomic E-state index is 13.1. The Morgan fingerprint density at radius 1 is 0.902 bits per heavy atom. The number of piperidine rings is 1. The van der Waals surface area contributed by atoms with Crippen LogP contribution in [0.25, 0.3) is 5.69 Å². The monoisotopic (exact) mass is 564 g/mol. The van der Waals surface area contributed by atoms with Gasteiger partial charge in [0.25, 0.3) is 0 Å². The number of nitrogens with zero attached hydrogens (tertiary/aromatic N) is 4. The molecule has 2 bridgehead atoms. The Morgan fingerprint density at radius 2 is 1.51 bits per heavy atom. The van der Waals surface area contributed by atoms with E-state index in [0.29, 0.717) is 37.2 Å².